The zero-order valence-electron chi connectivity index (χ0n) is 12.1. The molecule has 0 N–H and O–H groups in total. The fourth-order valence-corrected chi connectivity index (χ4v) is 1.41. The topological polar surface area (TPSA) is 44.8 Å². The molecular weight excluding hydrogens is 244 g/mol. The highest BCUT2D eigenvalue weighted by molar-refractivity contribution is 5.89. The van der Waals surface area contributed by atoms with Crippen molar-refractivity contribution in [3.8, 4) is 5.75 Å². The number of ether oxygens (including phenoxy) is 3. The molecule has 0 unspecified atom stereocenters. The fourth-order valence-electron chi connectivity index (χ4n) is 1.41. The van der Waals surface area contributed by atoms with Crippen LogP contribution >= 0.6 is 0 Å². The molecule has 0 aromatic heterocycles. The molecule has 0 amide bonds. The van der Waals surface area contributed by atoms with E-state index in [4.69, 9.17) is 14.2 Å². The van der Waals surface area contributed by atoms with Crippen LogP contribution in [0.15, 0.2) is 24.3 Å². The first-order chi connectivity index (χ1) is 8.92. The lowest BCUT2D eigenvalue weighted by atomic mass is 10.2. The van der Waals surface area contributed by atoms with Gasteiger partial charge in [-0.15, -0.1) is 0 Å². The molecule has 0 heterocycles. The molecule has 0 bridgehead atoms. The van der Waals surface area contributed by atoms with Crippen LogP contribution < -0.4 is 4.74 Å². The van der Waals surface area contributed by atoms with Crippen molar-refractivity contribution in [2.24, 2.45) is 0 Å². The van der Waals surface area contributed by atoms with Crippen LogP contribution in [0.3, 0.4) is 0 Å². The Labute approximate surface area is 114 Å². The molecule has 0 atom stereocenters. The first-order valence-corrected chi connectivity index (χ1v) is 6.46. The summed E-state index contributed by atoms with van der Waals surface area (Å²) in [5, 5.41) is 0. The van der Waals surface area contributed by atoms with E-state index in [-0.39, 0.29) is 11.6 Å². The predicted octanol–water partition coefficient (Wildman–Crippen LogP) is 3.06. The molecule has 0 aliphatic heterocycles. The number of rotatable bonds is 6. The van der Waals surface area contributed by atoms with Crippen LogP contribution in [0.25, 0.3) is 0 Å². The molecule has 0 radical (unpaired) electrons. The van der Waals surface area contributed by atoms with Crippen LogP contribution in [0, 0.1) is 0 Å². The third kappa shape index (κ3) is 6.25. The van der Waals surface area contributed by atoms with E-state index in [1.165, 1.54) is 0 Å². The molecule has 4 nitrogen and oxygen atoms in total. The number of benzene rings is 1. The van der Waals surface area contributed by atoms with Crippen LogP contribution in [0.4, 0.5) is 0 Å². The van der Waals surface area contributed by atoms with Gasteiger partial charge in [0.15, 0.2) is 0 Å². The molecule has 0 spiro atoms. The molecule has 0 saturated carbocycles. The van der Waals surface area contributed by atoms with Crippen molar-refractivity contribution >= 4 is 5.97 Å². The van der Waals surface area contributed by atoms with Crippen molar-refractivity contribution in [2.45, 2.75) is 33.3 Å². The molecule has 0 aliphatic rings. The summed E-state index contributed by atoms with van der Waals surface area (Å²) in [6.07, 6.45) is 0. The molecule has 0 fully saturated rings. The first-order valence-electron chi connectivity index (χ1n) is 6.46. The summed E-state index contributed by atoms with van der Waals surface area (Å²) in [6.45, 7) is 9.17. The minimum absolute atomic E-state index is 0.156. The Bertz CT molecular complexity index is 390. The summed E-state index contributed by atoms with van der Waals surface area (Å²) < 4.78 is 16.0. The summed E-state index contributed by atoms with van der Waals surface area (Å²) in [7, 11) is 0. The van der Waals surface area contributed by atoms with Gasteiger partial charge >= 0.3 is 5.97 Å². The predicted molar refractivity (Wildman–Crippen MR) is 73.6 cm³/mol. The molecule has 19 heavy (non-hydrogen) atoms. The van der Waals surface area contributed by atoms with Gasteiger partial charge in [-0.2, -0.15) is 0 Å². The van der Waals surface area contributed by atoms with Gasteiger partial charge in [0.2, 0.25) is 0 Å². The average molecular weight is 266 g/mol. The number of carbonyl (C=O) groups excluding carboxylic acids is 1. The van der Waals surface area contributed by atoms with Gasteiger partial charge in [0.05, 0.1) is 24.4 Å². The molecule has 0 saturated heterocycles. The molecule has 1 rings (SSSR count). The second-order valence-corrected chi connectivity index (χ2v) is 5.05. The quantitative estimate of drug-likeness (QED) is 0.586. The number of esters is 1. The Morgan fingerprint density at radius 3 is 2.26 bits per heavy atom. The van der Waals surface area contributed by atoms with Crippen molar-refractivity contribution in [1.82, 2.24) is 0 Å². The van der Waals surface area contributed by atoms with E-state index in [1.807, 2.05) is 20.8 Å². The molecule has 1 aromatic carbocycles. The zero-order chi connectivity index (χ0) is 14.3. The molecule has 0 aliphatic carbocycles. The van der Waals surface area contributed by atoms with E-state index in [1.54, 1.807) is 31.2 Å². The van der Waals surface area contributed by atoms with E-state index >= 15 is 0 Å². The maximum Gasteiger partial charge on any atom is 0.338 e. The molecule has 1 aromatic rings. The van der Waals surface area contributed by atoms with Gasteiger partial charge in [-0.25, -0.2) is 4.79 Å². The first kappa shape index (κ1) is 15.5. The van der Waals surface area contributed by atoms with E-state index in [2.05, 4.69) is 0 Å². The minimum Gasteiger partial charge on any atom is -0.491 e. The lowest BCUT2D eigenvalue weighted by Gasteiger charge is -2.19. The van der Waals surface area contributed by atoms with Crippen LogP contribution in [-0.2, 0) is 9.47 Å². The Morgan fingerprint density at radius 1 is 1.11 bits per heavy atom. The Kier molecular flexibility index (Phi) is 5.83. The lowest BCUT2D eigenvalue weighted by molar-refractivity contribution is -0.0163. The van der Waals surface area contributed by atoms with Gasteiger partial charge in [-0.3, -0.25) is 0 Å². The molecular formula is C15H22O4. The van der Waals surface area contributed by atoms with Crippen LogP contribution in [0.2, 0.25) is 0 Å². The van der Waals surface area contributed by atoms with Gasteiger partial charge in [-0.05, 0) is 52.0 Å². The van der Waals surface area contributed by atoms with Crippen LogP contribution in [0.5, 0.6) is 5.75 Å². The maximum atomic E-state index is 11.4. The fraction of sp³-hybridized carbons (Fsp3) is 0.533. The largest absolute Gasteiger partial charge is 0.491 e. The second kappa shape index (κ2) is 7.14. The van der Waals surface area contributed by atoms with Crippen molar-refractivity contribution in [3.63, 3.8) is 0 Å². The second-order valence-electron chi connectivity index (χ2n) is 5.05. The third-order valence-corrected chi connectivity index (χ3v) is 2.25. The standard InChI is InChI=1S/C15H22O4/c1-5-17-14(16)12-6-8-13(9-7-12)18-10-11-19-15(2,3)4/h6-9H,5,10-11H2,1-4H3. The average Bonchev–Trinajstić information content (AvgIpc) is 2.34. The van der Waals surface area contributed by atoms with E-state index in [0.717, 1.165) is 0 Å². The van der Waals surface area contributed by atoms with Crippen molar-refractivity contribution < 1.29 is 19.0 Å². The highest BCUT2D eigenvalue weighted by Crippen LogP contribution is 2.13. The maximum absolute atomic E-state index is 11.4. The van der Waals surface area contributed by atoms with Crippen LogP contribution in [0.1, 0.15) is 38.1 Å². The Balaban J connectivity index is 2.38. The lowest BCUT2D eigenvalue weighted by Crippen LogP contribution is -2.22. The van der Waals surface area contributed by atoms with E-state index < -0.39 is 0 Å². The number of carbonyl (C=O) groups is 1. The summed E-state index contributed by atoms with van der Waals surface area (Å²) in [6, 6.07) is 6.89. The summed E-state index contributed by atoms with van der Waals surface area (Å²) in [5.74, 6) is 0.399. The highest BCUT2D eigenvalue weighted by atomic mass is 16.5. The Hall–Kier alpha value is -1.55. The zero-order valence-corrected chi connectivity index (χ0v) is 12.1. The normalized spacial score (nSPS) is 11.2. The summed E-state index contributed by atoms with van der Waals surface area (Å²) in [4.78, 5) is 11.4. The monoisotopic (exact) mass is 266 g/mol. The van der Waals surface area contributed by atoms with Crippen molar-refractivity contribution in [1.29, 1.82) is 0 Å². The third-order valence-electron chi connectivity index (χ3n) is 2.25. The van der Waals surface area contributed by atoms with Gasteiger partial charge in [-0.1, -0.05) is 0 Å². The molecule has 106 valence electrons. The smallest absolute Gasteiger partial charge is 0.338 e. The number of hydrogen-bond acceptors (Lipinski definition) is 4. The highest BCUT2D eigenvalue weighted by Gasteiger charge is 2.09. The Morgan fingerprint density at radius 2 is 1.74 bits per heavy atom. The van der Waals surface area contributed by atoms with Gasteiger partial charge in [0, 0.05) is 0 Å². The molecule has 4 heteroatoms. The van der Waals surface area contributed by atoms with E-state index in [0.29, 0.717) is 31.1 Å². The summed E-state index contributed by atoms with van der Waals surface area (Å²) >= 11 is 0. The van der Waals surface area contributed by atoms with E-state index in [9.17, 15) is 4.79 Å². The number of hydrogen-bond donors (Lipinski definition) is 0. The van der Waals surface area contributed by atoms with Crippen LogP contribution in [-0.4, -0.2) is 31.4 Å². The minimum atomic E-state index is -0.315. The SMILES string of the molecule is CCOC(=O)c1ccc(OCCOC(C)(C)C)cc1. The van der Waals surface area contributed by atoms with Crippen molar-refractivity contribution in [3.05, 3.63) is 29.8 Å². The summed E-state index contributed by atoms with van der Waals surface area (Å²) in [5.41, 5.74) is 0.372. The van der Waals surface area contributed by atoms with Gasteiger partial charge < -0.3 is 14.2 Å². The van der Waals surface area contributed by atoms with Crippen molar-refractivity contribution in [2.75, 3.05) is 19.8 Å². The van der Waals surface area contributed by atoms with Gasteiger partial charge in [0.25, 0.3) is 0 Å². The van der Waals surface area contributed by atoms with Gasteiger partial charge in [0.1, 0.15) is 12.4 Å².